The summed E-state index contributed by atoms with van der Waals surface area (Å²) in [5.74, 6) is 1.45. The van der Waals surface area contributed by atoms with Crippen molar-refractivity contribution in [2.24, 2.45) is 5.41 Å². The highest BCUT2D eigenvalue weighted by molar-refractivity contribution is 7.99. The van der Waals surface area contributed by atoms with E-state index in [-0.39, 0.29) is 17.4 Å². The Morgan fingerprint density at radius 2 is 1.88 bits per heavy atom. The van der Waals surface area contributed by atoms with Crippen LogP contribution >= 0.6 is 11.8 Å². The van der Waals surface area contributed by atoms with Crippen molar-refractivity contribution in [3.05, 3.63) is 0 Å². The number of nitrogens with zero attached hydrogens (tertiary/aromatic N) is 2. The molecule has 0 spiro atoms. The maximum Gasteiger partial charge on any atom is 0.318 e. The molecule has 0 aromatic rings. The van der Waals surface area contributed by atoms with Gasteiger partial charge >= 0.3 is 6.03 Å². The lowest BCUT2D eigenvalue weighted by molar-refractivity contribution is -0.125. The maximum atomic E-state index is 12.9. The Hall–Kier alpha value is -1.46. The highest BCUT2D eigenvalue weighted by atomic mass is 32.2. The molecule has 0 bridgehead atoms. The zero-order valence-electron chi connectivity index (χ0n) is 16.0. The maximum absolute atomic E-state index is 12.9. The monoisotopic (exact) mass is 382 g/mol. The Bertz CT molecular complexity index is 544. The number of carbonyl (C=O) groups is 2. The van der Waals surface area contributed by atoms with Crippen LogP contribution in [0.5, 0.6) is 0 Å². The zero-order chi connectivity index (χ0) is 19.2. The fraction of sp³-hybridized carbons (Fsp3) is 0.833. The van der Waals surface area contributed by atoms with Crippen molar-refractivity contribution in [2.45, 2.75) is 51.6 Å². The van der Waals surface area contributed by atoms with Crippen LogP contribution in [0.2, 0.25) is 0 Å². The SMILES string of the molecule is CC(C)(C)CC(NC(=O)N1CCOCC1)C(=O)NC1(C#N)CCSCC1. The van der Waals surface area contributed by atoms with E-state index < -0.39 is 11.6 Å². The second kappa shape index (κ2) is 8.96. The summed E-state index contributed by atoms with van der Waals surface area (Å²) >= 11 is 1.80. The average molecular weight is 383 g/mol. The fourth-order valence-corrected chi connectivity index (χ4v) is 4.33. The number of carbonyl (C=O) groups excluding carboxylic acids is 2. The molecule has 0 aromatic heterocycles. The molecule has 0 radical (unpaired) electrons. The van der Waals surface area contributed by atoms with Gasteiger partial charge in [-0.25, -0.2) is 4.79 Å². The van der Waals surface area contributed by atoms with E-state index in [1.54, 1.807) is 16.7 Å². The van der Waals surface area contributed by atoms with Gasteiger partial charge in [-0.2, -0.15) is 17.0 Å². The first-order valence-electron chi connectivity index (χ1n) is 9.19. The highest BCUT2D eigenvalue weighted by Crippen LogP contribution is 2.27. The first-order valence-corrected chi connectivity index (χ1v) is 10.3. The molecule has 1 atom stereocenters. The second-order valence-electron chi connectivity index (χ2n) is 8.16. The third-order valence-electron chi connectivity index (χ3n) is 4.65. The zero-order valence-corrected chi connectivity index (χ0v) is 16.8. The standard InChI is InChI=1S/C18H30N4O3S/c1-17(2,3)12-14(20-16(24)22-6-8-25-9-7-22)15(23)21-18(13-19)4-10-26-11-5-18/h14H,4-12H2,1-3H3,(H,20,24)(H,21,23). The largest absolute Gasteiger partial charge is 0.378 e. The topological polar surface area (TPSA) is 94.5 Å². The van der Waals surface area contributed by atoms with Crippen LogP contribution in [0.3, 0.4) is 0 Å². The van der Waals surface area contributed by atoms with Crippen LogP contribution in [0, 0.1) is 16.7 Å². The van der Waals surface area contributed by atoms with Crippen molar-refractivity contribution in [2.75, 3.05) is 37.8 Å². The number of amides is 3. The van der Waals surface area contributed by atoms with Crippen molar-refractivity contribution >= 4 is 23.7 Å². The van der Waals surface area contributed by atoms with Crippen LogP contribution < -0.4 is 10.6 Å². The molecule has 2 aliphatic heterocycles. The Morgan fingerprint density at radius 1 is 1.27 bits per heavy atom. The molecule has 2 aliphatic rings. The molecule has 2 saturated heterocycles. The van der Waals surface area contributed by atoms with Gasteiger partial charge < -0.3 is 20.3 Å². The summed E-state index contributed by atoms with van der Waals surface area (Å²) in [6.45, 7) is 8.17. The van der Waals surface area contributed by atoms with Crippen LogP contribution in [0.25, 0.3) is 0 Å². The highest BCUT2D eigenvalue weighted by Gasteiger charge is 2.37. The number of hydrogen-bond acceptors (Lipinski definition) is 5. The predicted octanol–water partition coefficient (Wildman–Crippen LogP) is 1.74. The van der Waals surface area contributed by atoms with Gasteiger partial charge in [0.15, 0.2) is 0 Å². The molecule has 2 rings (SSSR count). The van der Waals surface area contributed by atoms with Crippen LogP contribution in [-0.4, -0.2) is 66.2 Å². The van der Waals surface area contributed by atoms with Crippen molar-refractivity contribution in [3.8, 4) is 6.07 Å². The minimum atomic E-state index is -0.817. The summed E-state index contributed by atoms with van der Waals surface area (Å²) in [4.78, 5) is 27.2. The average Bonchev–Trinajstić information content (AvgIpc) is 2.61. The Labute approximate surface area is 160 Å². The number of nitriles is 1. The first-order chi connectivity index (χ1) is 12.2. The lowest BCUT2D eigenvalue weighted by Gasteiger charge is -2.35. The molecule has 0 aliphatic carbocycles. The number of rotatable bonds is 4. The lowest BCUT2D eigenvalue weighted by Crippen LogP contribution is -2.59. The van der Waals surface area contributed by atoms with Crippen molar-refractivity contribution in [1.29, 1.82) is 5.26 Å². The molecule has 26 heavy (non-hydrogen) atoms. The van der Waals surface area contributed by atoms with Gasteiger partial charge in [0.25, 0.3) is 0 Å². The van der Waals surface area contributed by atoms with Gasteiger partial charge in [-0.3, -0.25) is 4.79 Å². The predicted molar refractivity (Wildman–Crippen MR) is 102 cm³/mol. The summed E-state index contributed by atoms with van der Waals surface area (Å²) in [5.41, 5.74) is -0.954. The van der Waals surface area contributed by atoms with Gasteiger partial charge in [-0.1, -0.05) is 20.8 Å². The fourth-order valence-electron chi connectivity index (χ4n) is 3.14. The van der Waals surface area contributed by atoms with Crippen molar-refractivity contribution < 1.29 is 14.3 Å². The number of hydrogen-bond donors (Lipinski definition) is 2. The van der Waals surface area contributed by atoms with Gasteiger partial charge in [-0.15, -0.1) is 0 Å². The van der Waals surface area contributed by atoms with Crippen molar-refractivity contribution in [3.63, 3.8) is 0 Å². The molecule has 1 unspecified atom stereocenters. The van der Waals surface area contributed by atoms with E-state index in [2.05, 4.69) is 16.7 Å². The molecule has 0 aromatic carbocycles. The van der Waals surface area contributed by atoms with E-state index in [0.29, 0.717) is 45.6 Å². The van der Waals surface area contributed by atoms with Crippen LogP contribution in [0.4, 0.5) is 4.79 Å². The molecular weight excluding hydrogens is 352 g/mol. The summed E-state index contributed by atoms with van der Waals surface area (Å²) in [5, 5.41) is 15.4. The van der Waals surface area contributed by atoms with E-state index in [0.717, 1.165) is 11.5 Å². The molecule has 3 amide bonds. The quantitative estimate of drug-likeness (QED) is 0.772. The third-order valence-corrected chi connectivity index (χ3v) is 5.64. The molecule has 2 heterocycles. The molecular formula is C18H30N4O3S. The molecule has 2 fully saturated rings. The lowest BCUT2D eigenvalue weighted by atomic mass is 9.86. The van der Waals surface area contributed by atoms with Crippen LogP contribution in [0.1, 0.15) is 40.0 Å². The Kier molecular flexibility index (Phi) is 7.18. The third kappa shape index (κ3) is 6.06. The van der Waals surface area contributed by atoms with E-state index in [9.17, 15) is 14.9 Å². The number of ether oxygens (including phenoxy) is 1. The van der Waals surface area contributed by atoms with Gasteiger partial charge in [0, 0.05) is 13.1 Å². The Balaban J connectivity index is 2.06. The normalized spacial score (nSPS) is 21.4. The summed E-state index contributed by atoms with van der Waals surface area (Å²) < 4.78 is 5.27. The van der Waals surface area contributed by atoms with Gasteiger partial charge in [0.1, 0.15) is 11.6 Å². The summed E-state index contributed by atoms with van der Waals surface area (Å²) in [6.07, 6.45) is 1.78. The van der Waals surface area contributed by atoms with Crippen LogP contribution in [0.15, 0.2) is 0 Å². The van der Waals surface area contributed by atoms with E-state index in [1.165, 1.54) is 0 Å². The number of thioether (sulfide) groups is 1. The number of urea groups is 1. The minimum absolute atomic E-state index is 0.136. The van der Waals surface area contributed by atoms with Gasteiger partial charge in [0.05, 0.1) is 19.3 Å². The minimum Gasteiger partial charge on any atom is -0.378 e. The molecule has 7 nitrogen and oxygen atoms in total. The second-order valence-corrected chi connectivity index (χ2v) is 9.39. The first kappa shape index (κ1) is 20.8. The van der Waals surface area contributed by atoms with E-state index in [1.807, 2.05) is 20.8 Å². The van der Waals surface area contributed by atoms with Crippen molar-refractivity contribution in [1.82, 2.24) is 15.5 Å². The molecule has 2 N–H and O–H groups in total. The number of nitrogens with one attached hydrogen (secondary N) is 2. The van der Waals surface area contributed by atoms with Gasteiger partial charge in [0.2, 0.25) is 5.91 Å². The smallest absolute Gasteiger partial charge is 0.318 e. The van der Waals surface area contributed by atoms with Gasteiger partial charge in [-0.05, 0) is 36.2 Å². The molecule has 146 valence electrons. The Morgan fingerprint density at radius 3 is 2.42 bits per heavy atom. The molecule has 0 saturated carbocycles. The van der Waals surface area contributed by atoms with E-state index in [4.69, 9.17) is 4.74 Å². The molecule has 8 heteroatoms. The summed E-state index contributed by atoms with van der Waals surface area (Å²) in [7, 11) is 0. The van der Waals surface area contributed by atoms with Crippen LogP contribution in [-0.2, 0) is 9.53 Å². The summed E-state index contributed by atoms with van der Waals surface area (Å²) in [6, 6.07) is 1.39. The number of morpholine rings is 1. The van der Waals surface area contributed by atoms with E-state index >= 15 is 0 Å².